The van der Waals surface area contributed by atoms with Gasteiger partial charge in [-0.15, -0.1) is 0 Å². The van der Waals surface area contributed by atoms with Crippen LogP contribution in [0.2, 0.25) is 5.02 Å². The van der Waals surface area contributed by atoms with Gasteiger partial charge in [0.2, 0.25) is 0 Å². The fourth-order valence-corrected chi connectivity index (χ4v) is 1.74. The van der Waals surface area contributed by atoms with Crippen molar-refractivity contribution >= 4 is 11.6 Å². The average Bonchev–Trinajstić information content (AvgIpc) is 2.63. The van der Waals surface area contributed by atoms with Gasteiger partial charge in [-0.05, 0) is 19.1 Å². The van der Waals surface area contributed by atoms with Crippen LogP contribution < -0.4 is 5.73 Å². The molecule has 0 bridgehead atoms. The van der Waals surface area contributed by atoms with Crippen LogP contribution in [0, 0.1) is 5.82 Å². The van der Waals surface area contributed by atoms with E-state index in [1.807, 2.05) is 0 Å². The van der Waals surface area contributed by atoms with Crippen LogP contribution in [-0.2, 0) is 0 Å². The van der Waals surface area contributed by atoms with Crippen LogP contribution in [0.3, 0.4) is 0 Å². The highest BCUT2D eigenvalue weighted by Crippen LogP contribution is 2.23. The van der Waals surface area contributed by atoms with Crippen LogP contribution in [0.1, 0.15) is 18.5 Å². The first-order chi connectivity index (χ1) is 7.59. The predicted octanol–water partition coefficient (Wildman–Crippen LogP) is 2.68. The Balaban J connectivity index is 2.60. The Morgan fingerprint density at radius 3 is 2.81 bits per heavy atom. The van der Waals surface area contributed by atoms with Crippen LogP contribution in [0.5, 0.6) is 0 Å². The van der Waals surface area contributed by atoms with Gasteiger partial charge in [-0.3, -0.25) is 0 Å². The molecule has 0 radical (unpaired) electrons. The molecule has 0 aliphatic heterocycles. The van der Waals surface area contributed by atoms with Gasteiger partial charge in [0.05, 0.1) is 16.9 Å². The van der Waals surface area contributed by atoms with Crippen LogP contribution >= 0.6 is 11.6 Å². The lowest BCUT2D eigenvalue weighted by Gasteiger charge is -2.13. The summed E-state index contributed by atoms with van der Waals surface area (Å²) in [5.74, 6) is -0.334. The van der Waals surface area contributed by atoms with E-state index in [-0.39, 0.29) is 5.82 Å². The highest BCUT2D eigenvalue weighted by molar-refractivity contribution is 6.30. The monoisotopic (exact) mass is 239 g/mol. The molecule has 2 N–H and O–H groups in total. The van der Waals surface area contributed by atoms with Gasteiger partial charge in [-0.25, -0.2) is 9.07 Å². The van der Waals surface area contributed by atoms with Crippen molar-refractivity contribution < 1.29 is 4.39 Å². The average molecular weight is 240 g/mol. The molecule has 84 valence electrons. The zero-order valence-corrected chi connectivity index (χ0v) is 9.45. The molecule has 1 atom stereocenters. The summed E-state index contributed by atoms with van der Waals surface area (Å²) in [6, 6.07) is 4.35. The van der Waals surface area contributed by atoms with Crippen LogP contribution in [0.4, 0.5) is 4.39 Å². The van der Waals surface area contributed by atoms with Gasteiger partial charge in [0.15, 0.2) is 0 Å². The Morgan fingerprint density at radius 1 is 1.50 bits per heavy atom. The van der Waals surface area contributed by atoms with Gasteiger partial charge in [-0.1, -0.05) is 17.7 Å². The van der Waals surface area contributed by atoms with Crippen LogP contribution in [0.15, 0.2) is 30.6 Å². The maximum absolute atomic E-state index is 13.6. The SMILES string of the molecule is C[C@H](N)c1c(F)cccc1-n1cc(Cl)cn1. The first-order valence-electron chi connectivity index (χ1n) is 4.84. The molecule has 0 saturated carbocycles. The molecule has 0 unspecified atom stereocenters. The highest BCUT2D eigenvalue weighted by atomic mass is 35.5. The molecule has 2 aromatic rings. The summed E-state index contributed by atoms with van der Waals surface area (Å²) in [5, 5.41) is 4.53. The summed E-state index contributed by atoms with van der Waals surface area (Å²) in [7, 11) is 0. The molecule has 2 rings (SSSR count). The van der Waals surface area contributed by atoms with Gasteiger partial charge in [0, 0.05) is 17.8 Å². The molecular weight excluding hydrogens is 229 g/mol. The van der Waals surface area contributed by atoms with Crippen LogP contribution in [-0.4, -0.2) is 9.78 Å². The third-order valence-corrected chi connectivity index (χ3v) is 2.48. The number of rotatable bonds is 2. The molecule has 0 aliphatic carbocycles. The van der Waals surface area contributed by atoms with Crippen molar-refractivity contribution in [3.63, 3.8) is 0 Å². The Bertz CT molecular complexity index is 508. The molecular formula is C11H11ClFN3. The maximum Gasteiger partial charge on any atom is 0.130 e. The second kappa shape index (κ2) is 4.23. The number of hydrogen-bond donors (Lipinski definition) is 1. The summed E-state index contributed by atoms with van der Waals surface area (Å²) in [4.78, 5) is 0. The summed E-state index contributed by atoms with van der Waals surface area (Å²) in [6.07, 6.45) is 3.11. The summed E-state index contributed by atoms with van der Waals surface area (Å²) < 4.78 is 15.2. The molecule has 0 spiro atoms. The maximum atomic E-state index is 13.6. The zero-order chi connectivity index (χ0) is 11.7. The molecule has 0 fully saturated rings. The molecule has 3 nitrogen and oxygen atoms in total. The van der Waals surface area contributed by atoms with Crippen molar-refractivity contribution in [1.82, 2.24) is 9.78 Å². The standard InChI is InChI=1S/C11H11ClFN3/c1-7(14)11-9(13)3-2-4-10(11)16-6-8(12)5-15-16/h2-7H,14H2,1H3/t7-/m0/s1. The molecule has 1 aromatic heterocycles. The number of halogens is 2. The van der Waals surface area contributed by atoms with Crippen molar-refractivity contribution in [2.75, 3.05) is 0 Å². The molecule has 16 heavy (non-hydrogen) atoms. The number of aromatic nitrogens is 2. The lowest BCUT2D eigenvalue weighted by molar-refractivity contribution is 0.589. The topological polar surface area (TPSA) is 43.8 Å². The minimum absolute atomic E-state index is 0.334. The van der Waals surface area contributed by atoms with Gasteiger partial charge in [-0.2, -0.15) is 5.10 Å². The van der Waals surface area contributed by atoms with Crippen molar-refractivity contribution in [1.29, 1.82) is 0 Å². The Hall–Kier alpha value is -1.39. The van der Waals surface area contributed by atoms with Gasteiger partial charge >= 0.3 is 0 Å². The smallest absolute Gasteiger partial charge is 0.130 e. The number of nitrogens with zero attached hydrogens (tertiary/aromatic N) is 2. The van der Waals surface area contributed by atoms with E-state index in [0.717, 1.165) is 0 Å². The van der Waals surface area contributed by atoms with Crippen molar-refractivity contribution in [2.24, 2.45) is 5.73 Å². The number of hydrogen-bond acceptors (Lipinski definition) is 2. The second-order valence-electron chi connectivity index (χ2n) is 3.56. The van der Waals surface area contributed by atoms with Crippen LogP contribution in [0.25, 0.3) is 5.69 Å². The molecule has 0 amide bonds. The summed E-state index contributed by atoms with van der Waals surface area (Å²) in [5.41, 5.74) is 6.79. The normalized spacial score (nSPS) is 12.8. The summed E-state index contributed by atoms with van der Waals surface area (Å²) >= 11 is 5.77. The van der Waals surface area contributed by atoms with Crippen molar-refractivity contribution in [3.8, 4) is 5.69 Å². The van der Waals surface area contributed by atoms with E-state index < -0.39 is 6.04 Å². The quantitative estimate of drug-likeness (QED) is 0.876. The van der Waals surface area contributed by atoms with E-state index in [4.69, 9.17) is 17.3 Å². The first-order valence-corrected chi connectivity index (χ1v) is 5.22. The fraction of sp³-hybridized carbons (Fsp3) is 0.182. The van der Waals surface area contributed by atoms with Gasteiger partial charge in [0.1, 0.15) is 5.82 Å². The molecule has 0 saturated heterocycles. The lowest BCUT2D eigenvalue weighted by Crippen LogP contribution is -2.12. The molecule has 1 heterocycles. The Labute approximate surface area is 97.6 Å². The third-order valence-electron chi connectivity index (χ3n) is 2.28. The second-order valence-corrected chi connectivity index (χ2v) is 4.00. The van der Waals surface area contributed by atoms with E-state index in [1.165, 1.54) is 16.9 Å². The minimum Gasteiger partial charge on any atom is -0.324 e. The third kappa shape index (κ3) is 1.94. The highest BCUT2D eigenvalue weighted by Gasteiger charge is 2.14. The van der Waals surface area contributed by atoms with Crippen molar-refractivity contribution in [2.45, 2.75) is 13.0 Å². The Morgan fingerprint density at radius 2 is 2.25 bits per heavy atom. The molecule has 1 aromatic carbocycles. The molecule has 0 aliphatic rings. The predicted molar refractivity (Wildman–Crippen MR) is 61.1 cm³/mol. The minimum atomic E-state index is -0.404. The van der Waals surface area contributed by atoms with Gasteiger partial charge in [0.25, 0.3) is 0 Å². The largest absolute Gasteiger partial charge is 0.324 e. The number of nitrogens with two attached hydrogens (primary N) is 1. The molecule has 5 heteroatoms. The first kappa shape index (κ1) is 11.1. The van der Waals surface area contributed by atoms with Gasteiger partial charge < -0.3 is 5.73 Å². The fourth-order valence-electron chi connectivity index (χ4n) is 1.61. The number of benzene rings is 1. The van der Waals surface area contributed by atoms with E-state index >= 15 is 0 Å². The summed E-state index contributed by atoms with van der Waals surface area (Å²) in [6.45, 7) is 1.73. The zero-order valence-electron chi connectivity index (χ0n) is 8.69. The Kier molecular flexibility index (Phi) is 2.94. The van der Waals surface area contributed by atoms with E-state index in [1.54, 1.807) is 25.3 Å². The van der Waals surface area contributed by atoms with Crippen molar-refractivity contribution in [3.05, 3.63) is 47.0 Å². The van der Waals surface area contributed by atoms with E-state index in [0.29, 0.717) is 16.3 Å². The van der Waals surface area contributed by atoms with E-state index in [2.05, 4.69) is 5.10 Å². The van der Waals surface area contributed by atoms with E-state index in [9.17, 15) is 4.39 Å². The lowest BCUT2D eigenvalue weighted by atomic mass is 10.1.